The summed E-state index contributed by atoms with van der Waals surface area (Å²) >= 11 is 0. The quantitative estimate of drug-likeness (QED) is 0.782. The molecule has 1 aromatic rings. The Labute approximate surface area is 91.1 Å². The fourth-order valence-corrected chi connectivity index (χ4v) is 2.24. The van der Waals surface area contributed by atoms with Crippen molar-refractivity contribution in [3.05, 3.63) is 23.9 Å². The second-order valence-corrected chi connectivity index (χ2v) is 4.52. The lowest BCUT2D eigenvalue weighted by Crippen LogP contribution is -2.30. The zero-order valence-electron chi connectivity index (χ0n) is 9.40. The summed E-state index contributed by atoms with van der Waals surface area (Å²) in [7, 11) is 2.03. The largest absolute Gasteiger partial charge is 0.383 e. The van der Waals surface area contributed by atoms with Gasteiger partial charge < -0.3 is 11.1 Å². The van der Waals surface area contributed by atoms with Gasteiger partial charge in [0, 0.05) is 12.2 Å². The van der Waals surface area contributed by atoms with Crippen molar-refractivity contribution in [2.45, 2.75) is 25.8 Å². The number of nitrogens with zero attached hydrogens (tertiary/aromatic N) is 1. The fraction of sp³-hybridized carbons (Fsp3) is 0.583. The molecule has 3 heteroatoms. The monoisotopic (exact) mass is 205 g/mol. The van der Waals surface area contributed by atoms with Gasteiger partial charge in [0.1, 0.15) is 5.82 Å². The van der Waals surface area contributed by atoms with Crippen molar-refractivity contribution in [1.29, 1.82) is 0 Å². The van der Waals surface area contributed by atoms with Crippen LogP contribution in [0.4, 0.5) is 5.82 Å². The maximum Gasteiger partial charge on any atom is 0.126 e. The van der Waals surface area contributed by atoms with Crippen LogP contribution in [0, 0.1) is 11.8 Å². The molecule has 1 aliphatic carbocycles. The molecule has 0 radical (unpaired) electrons. The summed E-state index contributed by atoms with van der Waals surface area (Å²) in [5.41, 5.74) is 7.00. The van der Waals surface area contributed by atoms with Crippen molar-refractivity contribution in [3.8, 4) is 0 Å². The molecule has 0 saturated heterocycles. The Kier molecular flexibility index (Phi) is 2.91. The van der Waals surface area contributed by atoms with E-state index in [2.05, 4.69) is 23.3 Å². The van der Waals surface area contributed by atoms with E-state index in [4.69, 9.17) is 5.73 Å². The highest BCUT2D eigenvalue weighted by Gasteiger charge is 2.38. The average Bonchev–Trinajstić information content (AvgIpc) is 2.94. The molecule has 0 spiro atoms. The van der Waals surface area contributed by atoms with Crippen molar-refractivity contribution in [2.24, 2.45) is 11.8 Å². The third-order valence-corrected chi connectivity index (χ3v) is 3.43. The number of aromatic nitrogens is 1. The van der Waals surface area contributed by atoms with Gasteiger partial charge in [0.05, 0.1) is 0 Å². The molecular weight excluding hydrogens is 186 g/mol. The van der Waals surface area contributed by atoms with Crippen LogP contribution in [0.1, 0.15) is 18.9 Å². The van der Waals surface area contributed by atoms with Crippen LogP contribution < -0.4 is 11.1 Å². The third-order valence-electron chi connectivity index (χ3n) is 3.43. The van der Waals surface area contributed by atoms with E-state index in [0.717, 1.165) is 23.8 Å². The van der Waals surface area contributed by atoms with E-state index in [1.165, 1.54) is 6.42 Å². The Balaban J connectivity index is 2.03. The van der Waals surface area contributed by atoms with Crippen LogP contribution >= 0.6 is 0 Å². The van der Waals surface area contributed by atoms with Crippen molar-refractivity contribution < 1.29 is 0 Å². The second-order valence-electron chi connectivity index (χ2n) is 4.52. The zero-order valence-corrected chi connectivity index (χ0v) is 9.40. The Morgan fingerprint density at radius 2 is 2.40 bits per heavy atom. The number of anilines is 1. The molecule has 82 valence electrons. The number of likely N-dealkylation sites (N-methyl/N-ethyl adjacent to an activating group) is 1. The molecule has 1 heterocycles. The molecule has 1 fully saturated rings. The minimum atomic E-state index is 0.548. The molecule has 0 bridgehead atoms. The lowest BCUT2D eigenvalue weighted by molar-refractivity contribution is 0.479. The number of nitrogens with two attached hydrogens (primary N) is 1. The third kappa shape index (κ3) is 2.29. The predicted octanol–water partition coefficient (Wildman–Crippen LogP) is 1.45. The Bertz CT molecular complexity index is 337. The van der Waals surface area contributed by atoms with Gasteiger partial charge in [0.25, 0.3) is 0 Å². The molecule has 3 unspecified atom stereocenters. The fourth-order valence-electron chi connectivity index (χ4n) is 2.24. The van der Waals surface area contributed by atoms with Crippen molar-refractivity contribution in [1.82, 2.24) is 10.3 Å². The van der Waals surface area contributed by atoms with Crippen LogP contribution in [0.2, 0.25) is 0 Å². The summed E-state index contributed by atoms with van der Waals surface area (Å²) < 4.78 is 0. The van der Waals surface area contributed by atoms with E-state index in [1.807, 2.05) is 13.1 Å². The molecule has 1 saturated carbocycles. The maximum absolute atomic E-state index is 5.84. The lowest BCUT2D eigenvalue weighted by atomic mass is 10.0. The minimum Gasteiger partial charge on any atom is -0.383 e. The van der Waals surface area contributed by atoms with Crippen molar-refractivity contribution in [3.63, 3.8) is 0 Å². The first-order valence-electron chi connectivity index (χ1n) is 5.59. The minimum absolute atomic E-state index is 0.548. The van der Waals surface area contributed by atoms with Crippen LogP contribution in [-0.2, 0) is 6.42 Å². The molecule has 1 aromatic heterocycles. The maximum atomic E-state index is 5.84. The van der Waals surface area contributed by atoms with E-state index >= 15 is 0 Å². The van der Waals surface area contributed by atoms with E-state index < -0.39 is 0 Å². The SMILES string of the molecule is CNC(Cc1cccnc1N)C1CC1C. The highest BCUT2D eigenvalue weighted by molar-refractivity contribution is 5.39. The molecule has 0 aliphatic heterocycles. The first kappa shape index (κ1) is 10.4. The molecule has 0 aromatic carbocycles. The number of nitrogens with one attached hydrogen (secondary N) is 1. The smallest absolute Gasteiger partial charge is 0.126 e. The molecule has 3 N–H and O–H groups in total. The first-order chi connectivity index (χ1) is 7.22. The summed E-state index contributed by atoms with van der Waals surface area (Å²) in [5, 5.41) is 3.39. The average molecular weight is 205 g/mol. The summed E-state index contributed by atoms with van der Waals surface area (Å²) in [6.45, 7) is 2.31. The Morgan fingerprint density at radius 3 is 2.93 bits per heavy atom. The second kappa shape index (κ2) is 4.19. The molecule has 0 amide bonds. The van der Waals surface area contributed by atoms with Crippen LogP contribution in [0.5, 0.6) is 0 Å². The number of hydrogen-bond donors (Lipinski definition) is 2. The van der Waals surface area contributed by atoms with E-state index in [9.17, 15) is 0 Å². The summed E-state index contributed by atoms with van der Waals surface area (Å²) in [6, 6.07) is 4.57. The molecule has 15 heavy (non-hydrogen) atoms. The van der Waals surface area contributed by atoms with Gasteiger partial charge in [-0.3, -0.25) is 0 Å². The number of nitrogen functional groups attached to an aromatic ring is 1. The molecular formula is C12H19N3. The van der Waals surface area contributed by atoms with E-state index in [-0.39, 0.29) is 0 Å². The van der Waals surface area contributed by atoms with Crippen molar-refractivity contribution >= 4 is 5.82 Å². The van der Waals surface area contributed by atoms with E-state index in [1.54, 1.807) is 6.20 Å². The van der Waals surface area contributed by atoms with Crippen LogP contribution in [0.3, 0.4) is 0 Å². The van der Waals surface area contributed by atoms with Gasteiger partial charge in [-0.2, -0.15) is 0 Å². The van der Waals surface area contributed by atoms with Crippen LogP contribution in [0.25, 0.3) is 0 Å². The van der Waals surface area contributed by atoms with Gasteiger partial charge in [-0.15, -0.1) is 0 Å². The normalized spacial score (nSPS) is 26.3. The number of rotatable bonds is 4. The van der Waals surface area contributed by atoms with E-state index in [0.29, 0.717) is 11.9 Å². The topological polar surface area (TPSA) is 50.9 Å². The van der Waals surface area contributed by atoms with Gasteiger partial charge >= 0.3 is 0 Å². The predicted molar refractivity (Wildman–Crippen MR) is 62.5 cm³/mol. The van der Waals surface area contributed by atoms with Gasteiger partial charge in [-0.25, -0.2) is 4.98 Å². The molecule has 3 nitrogen and oxygen atoms in total. The highest BCUT2D eigenvalue weighted by Crippen LogP contribution is 2.41. The van der Waals surface area contributed by atoms with Gasteiger partial charge in [0.2, 0.25) is 0 Å². The van der Waals surface area contributed by atoms with Crippen LogP contribution in [0.15, 0.2) is 18.3 Å². The summed E-state index contributed by atoms with van der Waals surface area (Å²) in [4.78, 5) is 4.12. The lowest BCUT2D eigenvalue weighted by Gasteiger charge is -2.16. The number of hydrogen-bond acceptors (Lipinski definition) is 3. The van der Waals surface area contributed by atoms with Crippen LogP contribution in [-0.4, -0.2) is 18.1 Å². The van der Waals surface area contributed by atoms with Crippen molar-refractivity contribution in [2.75, 3.05) is 12.8 Å². The molecule has 1 aliphatic rings. The summed E-state index contributed by atoms with van der Waals surface area (Å²) in [6.07, 6.45) is 4.07. The summed E-state index contributed by atoms with van der Waals surface area (Å²) in [5.74, 6) is 2.35. The highest BCUT2D eigenvalue weighted by atomic mass is 14.9. The van der Waals surface area contributed by atoms with Gasteiger partial charge in [-0.05, 0) is 43.4 Å². The van der Waals surface area contributed by atoms with Gasteiger partial charge in [0.15, 0.2) is 0 Å². The molecule has 3 atom stereocenters. The standard InChI is InChI=1S/C12H19N3/c1-8-6-10(8)11(14-2)7-9-4-3-5-15-12(9)13/h3-5,8,10-11,14H,6-7H2,1-2H3,(H2,13,15). The number of pyridine rings is 1. The first-order valence-corrected chi connectivity index (χ1v) is 5.59. The Hall–Kier alpha value is -1.09. The van der Waals surface area contributed by atoms with Gasteiger partial charge in [-0.1, -0.05) is 13.0 Å². The Morgan fingerprint density at radius 1 is 1.67 bits per heavy atom. The zero-order chi connectivity index (χ0) is 10.8. The molecule has 2 rings (SSSR count).